The Balaban J connectivity index is 1.91. The minimum absolute atomic E-state index is 0.593. The second-order valence-electron chi connectivity index (χ2n) is 4.53. The SMILES string of the molecule is CCn1nc(C)c(N)c1Sc1ccc2c(c1)OCCO2. The van der Waals surface area contributed by atoms with Crippen LogP contribution in [0.5, 0.6) is 11.5 Å². The van der Waals surface area contributed by atoms with Crippen molar-refractivity contribution in [1.82, 2.24) is 9.78 Å². The number of nitrogens with zero attached hydrogens (tertiary/aromatic N) is 2. The summed E-state index contributed by atoms with van der Waals surface area (Å²) in [5, 5.41) is 5.40. The van der Waals surface area contributed by atoms with Crippen LogP contribution in [0.4, 0.5) is 5.69 Å². The summed E-state index contributed by atoms with van der Waals surface area (Å²) in [4.78, 5) is 1.07. The molecule has 0 fully saturated rings. The summed E-state index contributed by atoms with van der Waals surface area (Å²) in [6.45, 7) is 5.98. The molecule has 2 N–H and O–H groups in total. The summed E-state index contributed by atoms with van der Waals surface area (Å²) < 4.78 is 13.0. The fourth-order valence-corrected chi connectivity index (χ4v) is 3.15. The first-order valence-electron chi connectivity index (χ1n) is 6.59. The lowest BCUT2D eigenvalue weighted by molar-refractivity contribution is 0.171. The van der Waals surface area contributed by atoms with Gasteiger partial charge < -0.3 is 15.2 Å². The smallest absolute Gasteiger partial charge is 0.162 e. The van der Waals surface area contributed by atoms with Gasteiger partial charge in [0.15, 0.2) is 11.5 Å². The standard InChI is InChI=1S/C14H17N3O2S/c1-3-17-14(13(15)9(2)16-17)20-10-4-5-11-12(8-10)19-7-6-18-11/h4-5,8H,3,6-7,15H2,1-2H3. The Morgan fingerprint density at radius 3 is 2.80 bits per heavy atom. The molecule has 0 radical (unpaired) electrons. The molecule has 1 aromatic carbocycles. The summed E-state index contributed by atoms with van der Waals surface area (Å²) >= 11 is 1.60. The number of hydrogen-bond donors (Lipinski definition) is 1. The molecule has 1 aromatic heterocycles. The van der Waals surface area contributed by atoms with Crippen LogP contribution >= 0.6 is 11.8 Å². The van der Waals surface area contributed by atoms with Crippen LogP contribution in [0, 0.1) is 6.92 Å². The average molecular weight is 291 g/mol. The number of aromatic nitrogens is 2. The van der Waals surface area contributed by atoms with Gasteiger partial charge in [-0.1, -0.05) is 11.8 Å². The van der Waals surface area contributed by atoms with Crippen LogP contribution in [0.2, 0.25) is 0 Å². The first kappa shape index (κ1) is 13.2. The topological polar surface area (TPSA) is 62.3 Å². The van der Waals surface area contributed by atoms with Crippen molar-refractivity contribution in [3.63, 3.8) is 0 Å². The molecule has 0 amide bonds. The van der Waals surface area contributed by atoms with E-state index < -0.39 is 0 Å². The number of hydrogen-bond acceptors (Lipinski definition) is 5. The van der Waals surface area contributed by atoms with E-state index in [9.17, 15) is 0 Å². The molecule has 2 heterocycles. The number of anilines is 1. The molecule has 0 saturated carbocycles. The van der Waals surface area contributed by atoms with Gasteiger partial charge in [-0.15, -0.1) is 0 Å². The van der Waals surface area contributed by atoms with Crippen molar-refractivity contribution < 1.29 is 9.47 Å². The van der Waals surface area contributed by atoms with Crippen LogP contribution in [0.15, 0.2) is 28.1 Å². The number of fused-ring (bicyclic) bond motifs is 1. The normalized spacial score (nSPS) is 13.5. The lowest BCUT2D eigenvalue weighted by atomic mass is 10.3. The molecule has 3 rings (SSSR count). The van der Waals surface area contributed by atoms with E-state index in [2.05, 4.69) is 12.0 Å². The molecule has 0 atom stereocenters. The van der Waals surface area contributed by atoms with Gasteiger partial charge in [0, 0.05) is 11.4 Å². The molecule has 0 saturated heterocycles. The zero-order chi connectivity index (χ0) is 14.1. The molecule has 1 aliphatic rings. The van der Waals surface area contributed by atoms with E-state index in [1.165, 1.54) is 0 Å². The molecule has 0 spiro atoms. The van der Waals surface area contributed by atoms with Crippen LogP contribution < -0.4 is 15.2 Å². The van der Waals surface area contributed by atoms with Crippen LogP contribution in [-0.4, -0.2) is 23.0 Å². The summed E-state index contributed by atoms with van der Waals surface area (Å²) in [7, 11) is 0. The van der Waals surface area contributed by atoms with Gasteiger partial charge in [0.05, 0.1) is 11.4 Å². The Bertz CT molecular complexity index is 640. The third kappa shape index (κ3) is 2.31. The third-order valence-electron chi connectivity index (χ3n) is 3.15. The molecule has 5 nitrogen and oxygen atoms in total. The molecular formula is C14H17N3O2S. The summed E-state index contributed by atoms with van der Waals surface area (Å²) in [6, 6.07) is 5.94. The zero-order valence-corrected chi connectivity index (χ0v) is 12.4. The maximum atomic E-state index is 6.10. The van der Waals surface area contributed by atoms with Crippen LogP contribution in [0.25, 0.3) is 0 Å². The van der Waals surface area contributed by atoms with Crippen molar-refractivity contribution in [2.75, 3.05) is 18.9 Å². The number of nitrogen functional groups attached to an aromatic ring is 1. The zero-order valence-electron chi connectivity index (χ0n) is 11.5. The van der Waals surface area contributed by atoms with Crippen molar-refractivity contribution in [3.8, 4) is 11.5 Å². The average Bonchev–Trinajstić information content (AvgIpc) is 2.75. The molecule has 0 aliphatic carbocycles. The van der Waals surface area contributed by atoms with E-state index >= 15 is 0 Å². The molecule has 106 valence electrons. The Kier molecular flexibility index (Phi) is 3.48. The Hall–Kier alpha value is -1.82. The minimum Gasteiger partial charge on any atom is -0.486 e. The van der Waals surface area contributed by atoms with E-state index in [4.69, 9.17) is 15.2 Å². The predicted molar refractivity (Wildman–Crippen MR) is 78.6 cm³/mol. The van der Waals surface area contributed by atoms with Crippen LogP contribution in [0.3, 0.4) is 0 Å². The minimum atomic E-state index is 0.593. The summed E-state index contributed by atoms with van der Waals surface area (Å²) in [5.74, 6) is 1.59. The fraction of sp³-hybridized carbons (Fsp3) is 0.357. The highest BCUT2D eigenvalue weighted by molar-refractivity contribution is 7.99. The van der Waals surface area contributed by atoms with E-state index in [-0.39, 0.29) is 0 Å². The number of ether oxygens (including phenoxy) is 2. The lowest BCUT2D eigenvalue weighted by Crippen LogP contribution is -2.15. The molecule has 1 aliphatic heterocycles. The van der Waals surface area contributed by atoms with Crippen molar-refractivity contribution in [3.05, 3.63) is 23.9 Å². The molecule has 0 bridgehead atoms. The number of rotatable bonds is 3. The summed E-state index contributed by atoms with van der Waals surface area (Å²) in [5.41, 5.74) is 7.71. The van der Waals surface area contributed by atoms with Gasteiger partial charge in [0.25, 0.3) is 0 Å². The molecule has 0 unspecified atom stereocenters. The maximum Gasteiger partial charge on any atom is 0.162 e. The van der Waals surface area contributed by atoms with Gasteiger partial charge in [-0.05, 0) is 32.0 Å². The highest BCUT2D eigenvalue weighted by atomic mass is 32.2. The van der Waals surface area contributed by atoms with Gasteiger partial charge in [-0.2, -0.15) is 5.10 Å². The van der Waals surface area contributed by atoms with E-state index in [0.717, 1.165) is 39.3 Å². The first-order chi connectivity index (χ1) is 9.69. The highest BCUT2D eigenvalue weighted by Crippen LogP contribution is 2.39. The quantitative estimate of drug-likeness (QED) is 0.942. The lowest BCUT2D eigenvalue weighted by Gasteiger charge is -2.18. The second-order valence-corrected chi connectivity index (χ2v) is 5.59. The third-order valence-corrected chi connectivity index (χ3v) is 4.27. The van der Waals surface area contributed by atoms with Crippen LogP contribution in [-0.2, 0) is 6.54 Å². The van der Waals surface area contributed by atoms with Gasteiger partial charge in [0.1, 0.15) is 18.2 Å². The maximum absolute atomic E-state index is 6.10. The van der Waals surface area contributed by atoms with Gasteiger partial charge >= 0.3 is 0 Å². The van der Waals surface area contributed by atoms with Gasteiger partial charge in [0.2, 0.25) is 0 Å². The van der Waals surface area contributed by atoms with Crippen molar-refractivity contribution in [1.29, 1.82) is 0 Å². The molecule has 6 heteroatoms. The van der Waals surface area contributed by atoms with Crippen LogP contribution in [0.1, 0.15) is 12.6 Å². The predicted octanol–water partition coefficient (Wildman–Crippen LogP) is 2.72. The van der Waals surface area contributed by atoms with Crippen molar-refractivity contribution in [2.45, 2.75) is 30.3 Å². The van der Waals surface area contributed by atoms with Crippen molar-refractivity contribution >= 4 is 17.4 Å². The summed E-state index contributed by atoms with van der Waals surface area (Å²) in [6.07, 6.45) is 0. The number of aryl methyl sites for hydroxylation is 2. The largest absolute Gasteiger partial charge is 0.486 e. The Morgan fingerprint density at radius 1 is 1.30 bits per heavy atom. The second kappa shape index (κ2) is 5.28. The first-order valence-corrected chi connectivity index (χ1v) is 7.41. The van der Waals surface area contributed by atoms with Gasteiger partial charge in [-0.25, -0.2) is 0 Å². The highest BCUT2D eigenvalue weighted by Gasteiger charge is 2.16. The number of benzene rings is 1. The molecule has 20 heavy (non-hydrogen) atoms. The monoisotopic (exact) mass is 291 g/mol. The molecular weight excluding hydrogens is 274 g/mol. The molecule has 2 aromatic rings. The Morgan fingerprint density at radius 2 is 2.05 bits per heavy atom. The van der Waals surface area contributed by atoms with Gasteiger partial charge in [-0.3, -0.25) is 4.68 Å². The fourth-order valence-electron chi connectivity index (χ4n) is 2.09. The number of nitrogens with two attached hydrogens (primary N) is 1. The van der Waals surface area contributed by atoms with E-state index in [0.29, 0.717) is 13.2 Å². The van der Waals surface area contributed by atoms with E-state index in [1.807, 2.05) is 29.8 Å². The van der Waals surface area contributed by atoms with E-state index in [1.54, 1.807) is 11.8 Å². The Labute approximate surface area is 122 Å². The van der Waals surface area contributed by atoms with Crippen molar-refractivity contribution in [2.24, 2.45) is 0 Å².